The van der Waals surface area contributed by atoms with E-state index >= 15 is 0 Å². The number of hydrogen-bond acceptors (Lipinski definition) is 0. The third-order valence-corrected chi connectivity index (χ3v) is 16.4. The molecule has 0 heterocycles. The molecular formula is C57H68Cl2SiZr-4. The average Bonchev–Trinajstić information content (AvgIpc) is 3.86. The van der Waals surface area contributed by atoms with E-state index in [2.05, 4.69) is 137 Å². The fourth-order valence-corrected chi connectivity index (χ4v) is 14.5. The summed E-state index contributed by atoms with van der Waals surface area (Å²) in [5.41, 5.74) is 12.7. The van der Waals surface area contributed by atoms with Crippen LogP contribution in [-0.4, -0.2) is 6.88 Å². The molecule has 0 nitrogen and oxygen atoms in total. The summed E-state index contributed by atoms with van der Waals surface area (Å²) in [4.78, 5) is 0. The van der Waals surface area contributed by atoms with Crippen LogP contribution in [0.2, 0.25) is 0 Å². The third kappa shape index (κ3) is 8.94. The van der Waals surface area contributed by atoms with E-state index in [9.17, 15) is 0 Å². The van der Waals surface area contributed by atoms with Crippen LogP contribution in [0.3, 0.4) is 0 Å². The third-order valence-electron chi connectivity index (χ3n) is 16.4. The van der Waals surface area contributed by atoms with Gasteiger partial charge in [-0.3, -0.25) is 0 Å². The van der Waals surface area contributed by atoms with Gasteiger partial charge in [-0.1, -0.05) is 92.6 Å². The van der Waals surface area contributed by atoms with Gasteiger partial charge >= 0.3 is 30.2 Å². The van der Waals surface area contributed by atoms with Crippen LogP contribution in [0, 0.1) is 50.4 Å². The van der Waals surface area contributed by atoms with Gasteiger partial charge in [-0.25, -0.2) is 0 Å². The zero-order valence-electron chi connectivity index (χ0n) is 37.4. The Morgan fingerprint density at radius 2 is 0.902 bits per heavy atom. The Morgan fingerprint density at radius 1 is 0.541 bits per heavy atom. The van der Waals surface area contributed by atoms with E-state index in [-0.39, 0.29) is 39.7 Å². The summed E-state index contributed by atoms with van der Waals surface area (Å²) in [7, 11) is 0. The fourth-order valence-electron chi connectivity index (χ4n) is 14.5. The number of benzene rings is 4. The predicted molar refractivity (Wildman–Crippen MR) is 266 cm³/mol. The van der Waals surface area contributed by atoms with Crippen molar-refractivity contribution in [2.45, 2.75) is 121 Å². The fraction of sp³-hybridized carbons (Fsp3) is 0.439. The normalized spacial score (nSPS) is 28.4. The van der Waals surface area contributed by atoms with E-state index in [4.69, 9.17) is 0 Å². The van der Waals surface area contributed by atoms with Crippen molar-refractivity contribution in [2.75, 3.05) is 0 Å². The van der Waals surface area contributed by atoms with Gasteiger partial charge in [0.25, 0.3) is 0 Å². The molecule has 6 aromatic carbocycles. The molecule has 0 aliphatic heterocycles. The van der Waals surface area contributed by atoms with Crippen LogP contribution in [0.4, 0.5) is 0 Å². The summed E-state index contributed by atoms with van der Waals surface area (Å²) < 4.78 is 0. The topological polar surface area (TPSA) is 0 Å². The van der Waals surface area contributed by atoms with Crippen LogP contribution in [0.25, 0.3) is 43.8 Å². The standard InChI is InChI=1S/C28H31.C27H29.2CH3.2ClH.Si.Zr/c1-18(2)24-13-23-4-3-5-26(27(23)14-24)22-6-8-25(9-7-22)28-15-19-10-20(16-28)12-21(11-19)17-28;1-2-18-13-23-4-3-5-25(26(23)14-18)22-6-8-24(9-7-22)27-15-19-10-20(16-27)12-21(11-19)17-27;;;;;;/h3-9,13-14,18-21H,10-12,15-17H2,1-2H3;3-9,13-14,19-21H,2,10-12,15-17H2,1H3;2*1H3;2*1H;;/q4*-1;;;;. The van der Waals surface area contributed by atoms with Crippen LogP contribution < -0.4 is 0 Å². The molecule has 0 amide bonds. The number of aryl methyl sites for hydroxylation is 1. The molecule has 4 heteroatoms. The first-order chi connectivity index (χ1) is 27.8. The van der Waals surface area contributed by atoms with Crippen LogP contribution in [0.5, 0.6) is 0 Å². The van der Waals surface area contributed by atoms with E-state index < -0.39 is 0 Å². The molecule has 0 aromatic heterocycles. The minimum atomic E-state index is 0. The van der Waals surface area contributed by atoms with Crippen LogP contribution >= 0.6 is 24.8 Å². The van der Waals surface area contributed by atoms with Crippen molar-refractivity contribution in [3.8, 4) is 22.3 Å². The zero-order chi connectivity index (χ0) is 38.9. The van der Waals surface area contributed by atoms with Gasteiger partial charge in [0, 0.05) is 0 Å². The Morgan fingerprint density at radius 3 is 1.26 bits per heavy atom. The SMILES string of the molecule is CC(C)c1cc2c(-c3ccc(C45CC6CC(CC(C6)C4)C5)cc3)cccc2[cH-]1.CCc1cc2c(-c3ccc(C45CC6CC(CC(C6)C4)C5)cc3)cccc2[cH-]1.Cl.Cl.[CH3-].[CH3-].[Si]=[Zr]. The summed E-state index contributed by atoms with van der Waals surface area (Å²) in [6, 6.07) is 42.6. The van der Waals surface area contributed by atoms with Crippen LogP contribution in [0.15, 0.2) is 109 Å². The molecule has 8 bridgehead atoms. The summed E-state index contributed by atoms with van der Waals surface area (Å²) >= 11 is 1.36. The molecule has 8 aliphatic rings. The Kier molecular flexibility index (Phi) is 15.4. The maximum absolute atomic E-state index is 3.06. The molecule has 0 unspecified atom stereocenters. The molecular weight excluding hydrogens is 875 g/mol. The number of rotatable bonds is 6. The van der Waals surface area contributed by atoms with Crippen molar-refractivity contribution in [3.05, 3.63) is 146 Å². The Labute approximate surface area is 398 Å². The Hall–Kier alpha value is -2.22. The van der Waals surface area contributed by atoms with Gasteiger partial charge in [0.15, 0.2) is 0 Å². The quantitative estimate of drug-likeness (QED) is 0.115. The molecule has 322 valence electrons. The first-order valence-corrected chi connectivity index (χ1v) is 26.9. The van der Waals surface area contributed by atoms with Crippen molar-refractivity contribution < 1.29 is 23.3 Å². The van der Waals surface area contributed by atoms with Crippen LogP contribution in [-0.2, 0) is 40.6 Å². The molecule has 8 aliphatic carbocycles. The minimum absolute atomic E-state index is 0. The van der Waals surface area contributed by atoms with E-state index in [1.807, 2.05) is 0 Å². The Balaban J connectivity index is 0.000000185. The molecule has 2 radical (unpaired) electrons. The molecule has 8 fully saturated rings. The molecule has 8 saturated carbocycles. The van der Waals surface area contributed by atoms with Gasteiger partial charge in [-0.15, -0.1) is 93.9 Å². The molecule has 0 N–H and O–H groups in total. The van der Waals surface area contributed by atoms with Crippen molar-refractivity contribution >= 4 is 53.2 Å². The van der Waals surface area contributed by atoms with Gasteiger partial charge in [-0.05, 0) is 158 Å². The predicted octanol–water partition coefficient (Wildman–Crippen LogP) is 16.4. The van der Waals surface area contributed by atoms with Gasteiger partial charge in [0.05, 0.1) is 0 Å². The summed E-state index contributed by atoms with van der Waals surface area (Å²) in [5, 5.41) is 5.59. The zero-order valence-corrected chi connectivity index (χ0v) is 42.5. The monoisotopic (exact) mass is 940 g/mol. The number of hydrogen-bond donors (Lipinski definition) is 0. The second kappa shape index (κ2) is 19.5. The summed E-state index contributed by atoms with van der Waals surface area (Å²) in [6.45, 7) is 9.88. The van der Waals surface area contributed by atoms with E-state index in [0.29, 0.717) is 16.7 Å². The van der Waals surface area contributed by atoms with Crippen molar-refractivity contribution in [3.63, 3.8) is 0 Å². The van der Waals surface area contributed by atoms with Gasteiger partial charge < -0.3 is 14.9 Å². The van der Waals surface area contributed by atoms with E-state index in [1.54, 1.807) is 11.1 Å². The maximum atomic E-state index is 3.06. The van der Waals surface area contributed by atoms with E-state index in [0.717, 1.165) is 41.9 Å². The molecule has 0 saturated heterocycles. The molecule has 0 atom stereocenters. The first kappa shape index (κ1) is 48.2. The number of fused-ring (bicyclic) bond motifs is 2. The summed E-state index contributed by atoms with van der Waals surface area (Å²) in [6.07, 6.45) is 19.0. The summed E-state index contributed by atoms with van der Waals surface area (Å²) in [5.74, 6) is 6.67. The van der Waals surface area contributed by atoms with Gasteiger partial charge in [-0.2, -0.15) is 12.1 Å². The second-order valence-corrected chi connectivity index (χ2v) is 20.3. The second-order valence-electron chi connectivity index (χ2n) is 20.3. The van der Waals surface area contributed by atoms with Crippen molar-refractivity contribution in [2.24, 2.45) is 35.5 Å². The van der Waals surface area contributed by atoms with E-state index in [1.165, 1.54) is 155 Å². The first-order valence-electron chi connectivity index (χ1n) is 22.7. The van der Waals surface area contributed by atoms with Gasteiger partial charge in [0.2, 0.25) is 0 Å². The number of halogens is 2. The molecule has 0 spiro atoms. The average molecular weight is 943 g/mol. The molecule has 61 heavy (non-hydrogen) atoms. The molecule has 14 rings (SSSR count). The molecule has 6 aromatic rings. The van der Waals surface area contributed by atoms with Crippen molar-refractivity contribution in [1.29, 1.82) is 0 Å². The van der Waals surface area contributed by atoms with Crippen LogP contribution in [0.1, 0.15) is 126 Å². The van der Waals surface area contributed by atoms with Crippen molar-refractivity contribution in [1.82, 2.24) is 0 Å². The Bertz CT molecular complexity index is 2310. The van der Waals surface area contributed by atoms with Gasteiger partial charge in [0.1, 0.15) is 0 Å².